The normalized spacial score (nSPS) is 11.4. The van der Waals surface area contributed by atoms with Gasteiger partial charge in [-0.1, -0.05) is 48.5 Å². The van der Waals surface area contributed by atoms with Gasteiger partial charge in [0, 0.05) is 18.8 Å². The number of methoxy groups -OCH3 is 1. The van der Waals surface area contributed by atoms with Crippen LogP contribution in [0.15, 0.2) is 76.5 Å². The molecule has 0 atom stereocenters. The van der Waals surface area contributed by atoms with Gasteiger partial charge in [0.25, 0.3) is 5.56 Å². The zero-order valence-corrected chi connectivity index (χ0v) is 16.1. The van der Waals surface area contributed by atoms with Crippen molar-refractivity contribution < 1.29 is 4.74 Å². The van der Waals surface area contributed by atoms with Crippen molar-refractivity contribution in [3.05, 3.63) is 88.3 Å². The topological polar surface area (TPSA) is 48.5 Å². The van der Waals surface area contributed by atoms with Crippen molar-refractivity contribution in [1.29, 1.82) is 0 Å². The largest absolute Gasteiger partial charge is 0.496 e. The molecule has 0 aliphatic heterocycles. The lowest BCUT2D eigenvalue weighted by molar-refractivity contribution is 0.415. The third-order valence-corrected chi connectivity index (χ3v) is 5.00. The molecule has 28 heavy (non-hydrogen) atoms. The summed E-state index contributed by atoms with van der Waals surface area (Å²) in [6, 6.07) is 21.5. The third-order valence-electron chi connectivity index (χ3n) is 5.00. The molecule has 0 saturated carbocycles. The smallest absolute Gasteiger partial charge is 0.297 e. The molecule has 4 rings (SSSR count). The summed E-state index contributed by atoms with van der Waals surface area (Å²) in [5, 5.41) is 2.12. The van der Waals surface area contributed by atoms with Gasteiger partial charge in [-0.3, -0.25) is 9.48 Å². The Bertz CT molecular complexity index is 1230. The molecule has 0 spiro atoms. The average Bonchev–Trinajstić information content (AvgIpc) is 2.95. The zero-order valence-electron chi connectivity index (χ0n) is 16.1. The van der Waals surface area contributed by atoms with Crippen molar-refractivity contribution in [2.75, 3.05) is 7.11 Å². The fraction of sp³-hybridized carbons (Fsp3) is 0.130. The maximum absolute atomic E-state index is 13.0. The van der Waals surface area contributed by atoms with E-state index in [2.05, 4.69) is 4.99 Å². The minimum absolute atomic E-state index is 0.151. The lowest BCUT2D eigenvalue weighted by Crippen LogP contribution is -2.19. The second-order valence-electron chi connectivity index (χ2n) is 6.57. The van der Waals surface area contributed by atoms with Crippen LogP contribution < -0.4 is 10.3 Å². The van der Waals surface area contributed by atoms with Crippen LogP contribution in [0.3, 0.4) is 0 Å². The van der Waals surface area contributed by atoms with Gasteiger partial charge < -0.3 is 4.74 Å². The molecule has 3 aromatic carbocycles. The Morgan fingerprint density at radius 2 is 1.68 bits per heavy atom. The van der Waals surface area contributed by atoms with E-state index in [1.165, 1.54) is 0 Å². The molecular weight excluding hydrogens is 350 g/mol. The van der Waals surface area contributed by atoms with Crippen molar-refractivity contribution in [3.8, 4) is 11.4 Å². The highest BCUT2D eigenvalue weighted by molar-refractivity contribution is 6.03. The highest BCUT2D eigenvalue weighted by Crippen LogP contribution is 2.27. The Balaban J connectivity index is 1.86. The van der Waals surface area contributed by atoms with E-state index in [-0.39, 0.29) is 5.56 Å². The number of aliphatic imine (C=N–C) groups is 1. The molecule has 140 valence electrons. The summed E-state index contributed by atoms with van der Waals surface area (Å²) in [6.07, 6.45) is 1.72. The molecule has 0 aliphatic rings. The monoisotopic (exact) mass is 371 g/mol. The first-order valence-corrected chi connectivity index (χ1v) is 9.05. The van der Waals surface area contributed by atoms with Gasteiger partial charge in [0.15, 0.2) is 5.69 Å². The number of rotatable bonds is 4. The van der Waals surface area contributed by atoms with E-state index >= 15 is 0 Å². The maximum Gasteiger partial charge on any atom is 0.297 e. The van der Waals surface area contributed by atoms with Crippen molar-refractivity contribution in [2.24, 2.45) is 12.0 Å². The molecule has 1 heterocycles. The minimum Gasteiger partial charge on any atom is -0.496 e. The summed E-state index contributed by atoms with van der Waals surface area (Å²) in [6.45, 7) is 1.90. The molecule has 0 radical (unpaired) electrons. The molecular formula is C23H21N3O2. The van der Waals surface area contributed by atoms with E-state index in [4.69, 9.17) is 4.74 Å². The number of aromatic nitrogens is 2. The van der Waals surface area contributed by atoms with Gasteiger partial charge in [-0.25, -0.2) is 9.67 Å². The molecule has 0 N–H and O–H groups in total. The van der Waals surface area contributed by atoms with Crippen molar-refractivity contribution in [1.82, 2.24) is 9.36 Å². The van der Waals surface area contributed by atoms with E-state index in [1.54, 1.807) is 18.0 Å². The third kappa shape index (κ3) is 2.91. The van der Waals surface area contributed by atoms with E-state index in [1.807, 2.05) is 85.4 Å². The van der Waals surface area contributed by atoms with Crippen LogP contribution in [0.4, 0.5) is 5.69 Å². The first kappa shape index (κ1) is 17.8. The van der Waals surface area contributed by atoms with Crippen LogP contribution in [0, 0.1) is 6.92 Å². The van der Waals surface area contributed by atoms with Crippen LogP contribution in [-0.4, -0.2) is 22.7 Å². The van der Waals surface area contributed by atoms with Gasteiger partial charge >= 0.3 is 0 Å². The van der Waals surface area contributed by atoms with Gasteiger partial charge in [-0.05, 0) is 35.9 Å². The first-order chi connectivity index (χ1) is 13.6. The van der Waals surface area contributed by atoms with Crippen LogP contribution in [0.2, 0.25) is 0 Å². The van der Waals surface area contributed by atoms with Crippen molar-refractivity contribution in [3.63, 3.8) is 0 Å². The number of para-hydroxylation sites is 1. The number of nitrogens with zero attached hydrogens (tertiary/aromatic N) is 3. The molecule has 1 aromatic heterocycles. The summed E-state index contributed by atoms with van der Waals surface area (Å²) < 4.78 is 8.97. The van der Waals surface area contributed by atoms with Crippen LogP contribution in [-0.2, 0) is 7.05 Å². The van der Waals surface area contributed by atoms with E-state index < -0.39 is 0 Å². The van der Waals surface area contributed by atoms with Crippen molar-refractivity contribution in [2.45, 2.75) is 6.92 Å². The molecule has 0 fully saturated rings. The quantitative estimate of drug-likeness (QED) is 0.499. The Morgan fingerprint density at radius 1 is 0.964 bits per heavy atom. The van der Waals surface area contributed by atoms with Gasteiger partial charge in [0.2, 0.25) is 0 Å². The van der Waals surface area contributed by atoms with Crippen LogP contribution in [0.5, 0.6) is 5.75 Å². The number of ether oxygens (including phenoxy) is 1. The predicted molar refractivity (Wildman–Crippen MR) is 114 cm³/mol. The lowest BCUT2D eigenvalue weighted by atomic mass is 10.0. The van der Waals surface area contributed by atoms with Gasteiger partial charge in [0.05, 0.1) is 18.5 Å². The van der Waals surface area contributed by atoms with E-state index in [0.717, 1.165) is 33.5 Å². The SMILES string of the molecule is COc1ccc2ccccc2c1C=Nc1c(C)n(C)n(-c2ccccc2)c1=O. The van der Waals surface area contributed by atoms with E-state index in [0.29, 0.717) is 5.69 Å². The number of hydrogen-bond acceptors (Lipinski definition) is 3. The minimum atomic E-state index is -0.151. The average molecular weight is 371 g/mol. The van der Waals surface area contributed by atoms with Gasteiger partial charge in [-0.15, -0.1) is 0 Å². The number of benzene rings is 3. The molecule has 0 unspecified atom stereocenters. The molecule has 4 aromatic rings. The molecule has 0 amide bonds. The summed E-state index contributed by atoms with van der Waals surface area (Å²) >= 11 is 0. The molecule has 5 nitrogen and oxygen atoms in total. The fourth-order valence-corrected chi connectivity index (χ4v) is 3.42. The number of hydrogen-bond donors (Lipinski definition) is 0. The summed E-state index contributed by atoms with van der Waals surface area (Å²) in [7, 11) is 3.50. The Morgan fingerprint density at radius 3 is 2.43 bits per heavy atom. The van der Waals surface area contributed by atoms with Gasteiger partial charge in [0.1, 0.15) is 5.75 Å². The molecule has 0 bridgehead atoms. The predicted octanol–water partition coefficient (Wildman–Crippen LogP) is 4.40. The zero-order chi connectivity index (χ0) is 19.7. The second kappa shape index (κ2) is 7.19. The van der Waals surface area contributed by atoms with Crippen LogP contribution in [0.1, 0.15) is 11.3 Å². The van der Waals surface area contributed by atoms with Crippen molar-refractivity contribution >= 4 is 22.7 Å². The fourth-order valence-electron chi connectivity index (χ4n) is 3.42. The summed E-state index contributed by atoms with van der Waals surface area (Å²) in [4.78, 5) is 17.6. The second-order valence-corrected chi connectivity index (χ2v) is 6.57. The standard InChI is InChI=1S/C23H21N3O2/c1-16-22(23(27)26(25(16)2)18-10-5-4-6-11-18)24-15-20-19-12-8-7-9-17(19)13-14-21(20)28-3/h4-15H,1-3H3. The Labute approximate surface area is 163 Å². The summed E-state index contributed by atoms with van der Waals surface area (Å²) in [5.41, 5.74) is 2.73. The maximum atomic E-state index is 13.0. The molecule has 0 aliphatic carbocycles. The Kier molecular flexibility index (Phi) is 4.57. The van der Waals surface area contributed by atoms with Gasteiger partial charge in [-0.2, -0.15) is 0 Å². The molecule has 5 heteroatoms. The number of fused-ring (bicyclic) bond motifs is 1. The summed E-state index contributed by atoms with van der Waals surface area (Å²) in [5.74, 6) is 0.722. The van der Waals surface area contributed by atoms with E-state index in [9.17, 15) is 4.79 Å². The highest BCUT2D eigenvalue weighted by Gasteiger charge is 2.15. The van der Waals surface area contributed by atoms with Crippen LogP contribution in [0.25, 0.3) is 16.5 Å². The Hall–Kier alpha value is -3.60. The lowest BCUT2D eigenvalue weighted by Gasteiger charge is -2.08. The molecule has 0 saturated heterocycles. The van der Waals surface area contributed by atoms with Crippen LogP contribution >= 0.6 is 0 Å². The first-order valence-electron chi connectivity index (χ1n) is 9.05. The highest BCUT2D eigenvalue weighted by atomic mass is 16.5.